The molecule has 0 amide bonds. The molecule has 2 unspecified atom stereocenters. The van der Waals surface area contributed by atoms with Crippen LogP contribution in [0.25, 0.3) is 0 Å². The van der Waals surface area contributed by atoms with Crippen molar-refractivity contribution in [3.05, 3.63) is 34.9 Å². The second-order valence-electron chi connectivity index (χ2n) is 4.81. The zero-order valence-electron chi connectivity index (χ0n) is 11.0. The van der Waals surface area contributed by atoms with Crippen LogP contribution in [0.3, 0.4) is 0 Å². The van der Waals surface area contributed by atoms with Crippen molar-refractivity contribution >= 4 is 21.6 Å². The standard InChI is InChI=1S/C13H18ClNO3S/c1-10-11(2)18-8-7-15(10)19(16,17)9-12-3-5-13(14)6-4-12/h3-6,10-11H,7-9H2,1-2H3. The summed E-state index contributed by atoms with van der Waals surface area (Å²) in [7, 11) is -3.32. The Morgan fingerprint density at radius 3 is 2.58 bits per heavy atom. The van der Waals surface area contributed by atoms with Crippen LogP contribution < -0.4 is 0 Å². The third-order valence-electron chi connectivity index (χ3n) is 3.45. The highest BCUT2D eigenvalue weighted by atomic mass is 35.5. The molecule has 1 heterocycles. The maximum absolute atomic E-state index is 12.4. The maximum atomic E-state index is 12.4. The lowest BCUT2D eigenvalue weighted by Gasteiger charge is -2.36. The Labute approximate surface area is 119 Å². The molecule has 2 atom stereocenters. The van der Waals surface area contributed by atoms with Crippen molar-refractivity contribution in [3.8, 4) is 0 Å². The molecule has 1 saturated heterocycles. The number of benzene rings is 1. The molecule has 4 nitrogen and oxygen atoms in total. The molecule has 0 aromatic heterocycles. The molecular weight excluding hydrogens is 286 g/mol. The van der Waals surface area contributed by atoms with Crippen LogP contribution in [0.2, 0.25) is 5.02 Å². The molecule has 19 heavy (non-hydrogen) atoms. The number of halogens is 1. The number of hydrogen-bond donors (Lipinski definition) is 0. The van der Waals surface area contributed by atoms with Gasteiger partial charge in [0.2, 0.25) is 10.0 Å². The largest absolute Gasteiger partial charge is 0.375 e. The molecule has 1 aromatic rings. The average Bonchev–Trinajstić information content (AvgIpc) is 2.35. The van der Waals surface area contributed by atoms with Crippen molar-refractivity contribution in [2.75, 3.05) is 13.2 Å². The number of sulfonamides is 1. The van der Waals surface area contributed by atoms with E-state index < -0.39 is 10.0 Å². The predicted molar refractivity (Wildman–Crippen MR) is 75.7 cm³/mol. The Hall–Kier alpha value is -0.620. The zero-order valence-corrected chi connectivity index (χ0v) is 12.6. The number of rotatable bonds is 3. The van der Waals surface area contributed by atoms with Gasteiger partial charge in [-0.15, -0.1) is 0 Å². The Morgan fingerprint density at radius 2 is 1.95 bits per heavy atom. The van der Waals surface area contributed by atoms with Crippen LogP contribution >= 0.6 is 11.6 Å². The molecule has 0 bridgehead atoms. The van der Waals surface area contributed by atoms with Gasteiger partial charge in [-0.1, -0.05) is 23.7 Å². The molecule has 1 aliphatic rings. The first-order valence-electron chi connectivity index (χ1n) is 6.26. The van der Waals surface area contributed by atoms with Crippen LogP contribution in [-0.4, -0.2) is 38.0 Å². The van der Waals surface area contributed by atoms with Gasteiger partial charge in [0.05, 0.1) is 18.5 Å². The molecule has 106 valence electrons. The molecule has 1 aliphatic heterocycles. The van der Waals surface area contributed by atoms with Gasteiger partial charge in [-0.2, -0.15) is 4.31 Å². The molecule has 2 rings (SSSR count). The minimum atomic E-state index is -3.32. The van der Waals surface area contributed by atoms with Gasteiger partial charge in [0.25, 0.3) is 0 Å². The van der Waals surface area contributed by atoms with Gasteiger partial charge in [0.15, 0.2) is 0 Å². The molecule has 0 aliphatic carbocycles. The van der Waals surface area contributed by atoms with Gasteiger partial charge in [0.1, 0.15) is 0 Å². The van der Waals surface area contributed by atoms with Gasteiger partial charge in [-0.3, -0.25) is 0 Å². The number of morpholine rings is 1. The summed E-state index contributed by atoms with van der Waals surface area (Å²) in [6.07, 6.45) is -0.0752. The van der Waals surface area contributed by atoms with E-state index >= 15 is 0 Å². The lowest BCUT2D eigenvalue weighted by atomic mass is 10.2. The highest BCUT2D eigenvalue weighted by Gasteiger charge is 2.33. The summed E-state index contributed by atoms with van der Waals surface area (Å²) in [5.74, 6) is 0.00122. The number of hydrogen-bond acceptors (Lipinski definition) is 3. The summed E-state index contributed by atoms with van der Waals surface area (Å²) in [4.78, 5) is 0. The molecule has 1 aromatic carbocycles. The van der Waals surface area contributed by atoms with E-state index in [1.165, 1.54) is 4.31 Å². The van der Waals surface area contributed by atoms with Crippen LogP contribution in [0.4, 0.5) is 0 Å². The summed E-state index contributed by atoms with van der Waals surface area (Å²) in [5.41, 5.74) is 0.746. The van der Waals surface area contributed by atoms with Crippen LogP contribution in [0, 0.1) is 0 Å². The van der Waals surface area contributed by atoms with Crippen LogP contribution in [-0.2, 0) is 20.5 Å². The summed E-state index contributed by atoms with van der Waals surface area (Å²) in [6.45, 7) is 4.64. The quantitative estimate of drug-likeness (QED) is 0.860. The van der Waals surface area contributed by atoms with E-state index in [0.29, 0.717) is 18.2 Å². The van der Waals surface area contributed by atoms with E-state index in [9.17, 15) is 8.42 Å². The first-order chi connectivity index (χ1) is 8.90. The van der Waals surface area contributed by atoms with Crippen molar-refractivity contribution in [1.82, 2.24) is 4.31 Å². The van der Waals surface area contributed by atoms with E-state index in [1.54, 1.807) is 24.3 Å². The van der Waals surface area contributed by atoms with Gasteiger partial charge in [0, 0.05) is 17.6 Å². The van der Waals surface area contributed by atoms with Crippen LogP contribution in [0.5, 0.6) is 0 Å². The smallest absolute Gasteiger partial charge is 0.218 e. The lowest BCUT2D eigenvalue weighted by molar-refractivity contribution is -0.0232. The summed E-state index contributed by atoms with van der Waals surface area (Å²) in [5, 5.41) is 0.606. The van der Waals surface area contributed by atoms with Crippen LogP contribution in [0.15, 0.2) is 24.3 Å². The molecule has 6 heteroatoms. The van der Waals surface area contributed by atoms with E-state index in [0.717, 1.165) is 5.56 Å². The predicted octanol–water partition coefficient (Wildman–Crippen LogP) is 2.28. The summed E-state index contributed by atoms with van der Waals surface area (Å²) < 4.78 is 31.9. The SMILES string of the molecule is CC1OCCN(S(=O)(=O)Cc2ccc(Cl)cc2)C1C. The molecule has 0 spiro atoms. The molecule has 0 saturated carbocycles. The Morgan fingerprint density at radius 1 is 1.32 bits per heavy atom. The lowest BCUT2D eigenvalue weighted by Crippen LogP contribution is -2.51. The first kappa shape index (κ1) is 14.8. The van der Waals surface area contributed by atoms with Crippen molar-refractivity contribution in [3.63, 3.8) is 0 Å². The maximum Gasteiger partial charge on any atom is 0.218 e. The number of ether oxygens (including phenoxy) is 1. The minimum absolute atomic E-state index is 0.00122. The third kappa shape index (κ3) is 3.48. The monoisotopic (exact) mass is 303 g/mol. The molecule has 0 N–H and O–H groups in total. The van der Waals surface area contributed by atoms with Gasteiger partial charge in [-0.25, -0.2) is 8.42 Å². The first-order valence-corrected chi connectivity index (χ1v) is 8.24. The topological polar surface area (TPSA) is 46.6 Å². The van der Waals surface area contributed by atoms with E-state index in [4.69, 9.17) is 16.3 Å². The Kier molecular flexibility index (Phi) is 4.50. The fourth-order valence-corrected chi connectivity index (χ4v) is 4.11. The van der Waals surface area contributed by atoms with E-state index in [1.807, 2.05) is 13.8 Å². The van der Waals surface area contributed by atoms with Gasteiger partial charge < -0.3 is 4.74 Å². The van der Waals surface area contributed by atoms with E-state index in [-0.39, 0.29) is 17.9 Å². The highest BCUT2D eigenvalue weighted by molar-refractivity contribution is 7.88. The fourth-order valence-electron chi connectivity index (χ4n) is 2.17. The summed E-state index contributed by atoms with van der Waals surface area (Å²) >= 11 is 5.80. The minimum Gasteiger partial charge on any atom is -0.375 e. The Balaban J connectivity index is 2.15. The number of nitrogens with zero attached hydrogens (tertiary/aromatic N) is 1. The normalized spacial score (nSPS) is 25.4. The van der Waals surface area contributed by atoms with Crippen LogP contribution in [0.1, 0.15) is 19.4 Å². The van der Waals surface area contributed by atoms with Crippen molar-refractivity contribution in [1.29, 1.82) is 0 Å². The summed E-state index contributed by atoms with van der Waals surface area (Å²) in [6, 6.07) is 6.77. The molecule has 1 fully saturated rings. The fraction of sp³-hybridized carbons (Fsp3) is 0.538. The third-order valence-corrected chi connectivity index (χ3v) is 5.63. The Bertz CT molecular complexity index is 529. The molecule has 0 radical (unpaired) electrons. The second kappa shape index (κ2) is 5.79. The highest BCUT2D eigenvalue weighted by Crippen LogP contribution is 2.21. The second-order valence-corrected chi connectivity index (χ2v) is 7.17. The van der Waals surface area contributed by atoms with Gasteiger partial charge in [-0.05, 0) is 31.5 Å². The van der Waals surface area contributed by atoms with Crippen molar-refractivity contribution in [2.45, 2.75) is 31.7 Å². The van der Waals surface area contributed by atoms with Crippen molar-refractivity contribution in [2.24, 2.45) is 0 Å². The average molecular weight is 304 g/mol. The van der Waals surface area contributed by atoms with Crippen molar-refractivity contribution < 1.29 is 13.2 Å². The molecular formula is C13H18ClNO3S. The zero-order chi connectivity index (χ0) is 14.0. The van der Waals surface area contributed by atoms with Gasteiger partial charge >= 0.3 is 0 Å². The van der Waals surface area contributed by atoms with E-state index in [2.05, 4.69) is 0 Å².